The largest absolute Gasteiger partial charge is 0.452 e. The van der Waals surface area contributed by atoms with E-state index in [1.54, 1.807) is 18.3 Å². The van der Waals surface area contributed by atoms with E-state index in [1.165, 1.54) is 36.0 Å². The lowest BCUT2D eigenvalue weighted by Crippen LogP contribution is -2.21. The number of rotatable bonds is 7. The Morgan fingerprint density at radius 1 is 1.09 bits per heavy atom. The summed E-state index contributed by atoms with van der Waals surface area (Å²) in [6.45, 7) is 3.44. The number of nitrogens with two attached hydrogens (primary N) is 1. The lowest BCUT2D eigenvalue weighted by molar-refractivity contribution is -0.119. The van der Waals surface area contributed by atoms with Gasteiger partial charge in [0.15, 0.2) is 6.61 Å². The maximum absolute atomic E-state index is 12.6. The average Bonchev–Trinajstić information content (AvgIpc) is 2.75. The number of hydrogen-bond donors (Lipinski definition) is 2. The molecule has 0 aliphatic carbocycles. The quantitative estimate of drug-likeness (QED) is 0.506. The number of nitrogens with one attached hydrogen (secondary N) is 1. The van der Waals surface area contributed by atoms with Gasteiger partial charge in [0.05, 0.1) is 10.5 Å². The zero-order valence-corrected chi connectivity index (χ0v) is 19.0. The first-order valence-corrected chi connectivity index (χ1v) is 11.8. The number of aryl methyl sites for hydroxylation is 2. The van der Waals surface area contributed by atoms with Gasteiger partial charge in [0.1, 0.15) is 5.03 Å². The second-order valence-electron chi connectivity index (χ2n) is 6.92. The molecule has 0 fully saturated rings. The fraction of sp³-hybridized carbons (Fsp3) is 0.136. The summed E-state index contributed by atoms with van der Waals surface area (Å²) in [4.78, 5) is 29.9. The number of amides is 1. The summed E-state index contributed by atoms with van der Waals surface area (Å²) in [5.74, 6) is -1.25. The summed E-state index contributed by atoms with van der Waals surface area (Å²) in [6.07, 6.45) is 1.59. The minimum Gasteiger partial charge on any atom is -0.452 e. The second-order valence-corrected chi connectivity index (χ2v) is 9.51. The third kappa shape index (κ3) is 6.16. The van der Waals surface area contributed by atoms with Crippen LogP contribution in [0.4, 0.5) is 5.69 Å². The first-order chi connectivity index (χ1) is 15.1. The van der Waals surface area contributed by atoms with Gasteiger partial charge in [-0.15, -0.1) is 0 Å². The molecule has 166 valence electrons. The molecule has 3 aromatic rings. The fourth-order valence-electron chi connectivity index (χ4n) is 2.68. The van der Waals surface area contributed by atoms with E-state index in [1.807, 2.05) is 32.0 Å². The van der Waals surface area contributed by atoms with Gasteiger partial charge in [-0.1, -0.05) is 23.9 Å². The molecular weight excluding hydrogens is 450 g/mol. The van der Waals surface area contributed by atoms with E-state index in [9.17, 15) is 18.0 Å². The molecule has 1 heterocycles. The summed E-state index contributed by atoms with van der Waals surface area (Å²) in [7, 11) is -3.82. The first kappa shape index (κ1) is 23.5. The van der Waals surface area contributed by atoms with Crippen LogP contribution in [0.3, 0.4) is 0 Å². The standard InChI is InChI=1S/C22H21N3O5S2/c1-14-5-6-15(2)19(12-14)31-21-18(4-3-11-24-21)22(27)30-13-20(26)25-16-7-9-17(10-8-16)32(23,28)29/h3-12H,13H2,1-2H3,(H,25,26)(H2,23,28,29). The summed E-state index contributed by atoms with van der Waals surface area (Å²) >= 11 is 1.35. The summed E-state index contributed by atoms with van der Waals surface area (Å²) in [5, 5.41) is 8.04. The van der Waals surface area contributed by atoms with Gasteiger partial charge in [-0.05, 0) is 67.4 Å². The van der Waals surface area contributed by atoms with E-state index >= 15 is 0 Å². The molecule has 3 rings (SSSR count). The van der Waals surface area contributed by atoms with Crippen LogP contribution in [-0.2, 0) is 19.6 Å². The lowest BCUT2D eigenvalue weighted by Gasteiger charge is -2.11. The van der Waals surface area contributed by atoms with Crippen LogP contribution in [0.15, 0.2) is 75.6 Å². The highest BCUT2D eigenvalue weighted by Crippen LogP contribution is 2.32. The van der Waals surface area contributed by atoms with Crippen LogP contribution >= 0.6 is 11.8 Å². The number of carbonyl (C=O) groups is 2. The molecule has 8 nitrogen and oxygen atoms in total. The maximum atomic E-state index is 12.6. The van der Waals surface area contributed by atoms with E-state index in [4.69, 9.17) is 9.88 Å². The number of primary sulfonamides is 1. The fourth-order valence-corrected chi connectivity index (χ4v) is 4.26. The lowest BCUT2D eigenvalue weighted by atomic mass is 10.2. The van der Waals surface area contributed by atoms with Crippen LogP contribution < -0.4 is 10.5 Å². The SMILES string of the molecule is Cc1ccc(C)c(Sc2ncccc2C(=O)OCC(=O)Nc2ccc(S(N)(=O)=O)cc2)c1. The number of aromatic nitrogens is 1. The Labute approximate surface area is 190 Å². The Morgan fingerprint density at radius 2 is 1.81 bits per heavy atom. The van der Waals surface area contributed by atoms with Crippen molar-refractivity contribution in [2.24, 2.45) is 5.14 Å². The highest BCUT2D eigenvalue weighted by Gasteiger charge is 2.17. The zero-order valence-electron chi connectivity index (χ0n) is 17.4. The van der Waals surface area contributed by atoms with Gasteiger partial charge in [-0.2, -0.15) is 0 Å². The van der Waals surface area contributed by atoms with Crippen molar-refractivity contribution in [3.05, 3.63) is 77.5 Å². The number of benzene rings is 2. The number of carbonyl (C=O) groups excluding carboxylic acids is 2. The van der Waals surface area contributed by atoms with Crippen molar-refractivity contribution < 1.29 is 22.7 Å². The second kappa shape index (κ2) is 9.94. The molecule has 0 radical (unpaired) electrons. The highest BCUT2D eigenvalue weighted by atomic mass is 32.2. The Bertz CT molecular complexity index is 1260. The van der Waals surface area contributed by atoms with E-state index < -0.39 is 28.5 Å². The van der Waals surface area contributed by atoms with Crippen LogP contribution in [0, 0.1) is 13.8 Å². The third-order valence-electron chi connectivity index (χ3n) is 4.34. The molecular formula is C22H21N3O5S2. The topological polar surface area (TPSA) is 128 Å². The molecule has 1 aromatic heterocycles. The number of pyridine rings is 1. The smallest absolute Gasteiger partial charge is 0.341 e. The molecule has 0 saturated carbocycles. The minimum absolute atomic E-state index is 0.0765. The van der Waals surface area contributed by atoms with E-state index in [2.05, 4.69) is 10.3 Å². The number of anilines is 1. The van der Waals surface area contributed by atoms with Crippen LogP contribution in [0.2, 0.25) is 0 Å². The molecule has 0 atom stereocenters. The van der Waals surface area contributed by atoms with Crippen molar-refractivity contribution in [3.8, 4) is 0 Å². The first-order valence-electron chi connectivity index (χ1n) is 9.43. The van der Waals surface area contributed by atoms with Crippen LogP contribution in [-0.4, -0.2) is 31.9 Å². The van der Waals surface area contributed by atoms with Gasteiger partial charge in [-0.25, -0.2) is 23.3 Å². The Balaban J connectivity index is 1.64. The molecule has 1 amide bonds. The molecule has 0 bridgehead atoms. The Kier molecular flexibility index (Phi) is 7.29. The number of ether oxygens (including phenoxy) is 1. The molecule has 0 saturated heterocycles. The number of hydrogen-bond acceptors (Lipinski definition) is 7. The number of nitrogens with zero attached hydrogens (tertiary/aromatic N) is 1. The van der Waals surface area contributed by atoms with E-state index in [0.717, 1.165) is 16.0 Å². The third-order valence-corrected chi connectivity index (χ3v) is 6.45. The molecule has 32 heavy (non-hydrogen) atoms. The molecule has 0 unspecified atom stereocenters. The Hall–Kier alpha value is -3.21. The van der Waals surface area contributed by atoms with Gasteiger partial charge in [0, 0.05) is 16.8 Å². The number of sulfonamides is 1. The summed E-state index contributed by atoms with van der Waals surface area (Å²) < 4.78 is 27.7. The normalized spacial score (nSPS) is 11.1. The zero-order chi connectivity index (χ0) is 23.3. The molecule has 2 aromatic carbocycles. The highest BCUT2D eigenvalue weighted by molar-refractivity contribution is 7.99. The maximum Gasteiger partial charge on any atom is 0.341 e. The van der Waals surface area contributed by atoms with Gasteiger partial charge >= 0.3 is 5.97 Å². The molecule has 10 heteroatoms. The predicted molar refractivity (Wildman–Crippen MR) is 121 cm³/mol. The van der Waals surface area contributed by atoms with Crippen molar-refractivity contribution in [2.45, 2.75) is 28.7 Å². The van der Waals surface area contributed by atoms with E-state index in [0.29, 0.717) is 10.7 Å². The molecule has 3 N–H and O–H groups in total. The van der Waals surface area contributed by atoms with Crippen molar-refractivity contribution in [3.63, 3.8) is 0 Å². The monoisotopic (exact) mass is 471 g/mol. The van der Waals surface area contributed by atoms with Crippen molar-refractivity contribution >= 4 is 39.3 Å². The van der Waals surface area contributed by atoms with E-state index in [-0.39, 0.29) is 10.5 Å². The molecule has 0 aliphatic heterocycles. The van der Waals surface area contributed by atoms with Gasteiger partial charge in [0.25, 0.3) is 5.91 Å². The van der Waals surface area contributed by atoms with Crippen LogP contribution in [0.25, 0.3) is 0 Å². The summed E-state index contributed by atoms with van der Waals surface area (Å²) in [5.41, 5.74) is 2.74. The van der Waals surface area contributed by atoms with Gasteiger partial charge in [0.2, 0.25) is 10.0 Å². The minimum atomic E-state index is -3.82. The Morgan fingerprint density at radius 3 is 2.50 bits per heavy atom. The van der Waals surface area contributed by atoms with Gasteiger partial charge in [-0.3, -0.25) is 4.79 Å². The van der Waals surface area contributed by atoms with Crippen LogP contribution in [0.5, 0.6) is 0 Å². The molecule has 0 aliphatic rings. The van der Waals surface area contributed by atoms with Crippen molar-refractivity contribution in [1.82, 2.24) is 4.98 Å². The predicted octanol–water partition coefficient (Wildman–Crippen LogP) is 3.29. The van der Waals surface area contributed by atoms with Crippen molar-refractivity contribution in [1.29, 1.82) is 0 Å². The average molecular weight is 472 g/mol. The number of esters is 1. The molecule has 0 spiro atoms. The summed E-state index contributed by atoms with van der Waals surface area (Å²) in [6, 6.07) is 14.5. The van der Waals surface area contributed by atoms with Crippen LogP contribution in [0.1, 0.15) is 21.5 Å². The van der Waals surface area contributed by atoms with Gasteiger partial charge < -0.3 is 10.1 Å². The van der Waals surface area contributed by atoms with Crippen molar-refractivity contribution in [2.75, 3.05) is 11.9 Å².